The van der Waals surface area contributed by atoms with Crippen LogP contribution in [0.1, 0.15) is 15.9 Å². The molecule has 0 unspecified atom stereocenters. The first-order valence-corrected chi connectivity index (χ1v) is 6.95. The molecule has 23 heavy (non-hydrogen) atoms. The fourth-order valence-corrected chi connectivity index (χ4v) is 1.87. The summed E-state index contributed by atoms with van der Waals surface area (Å²) in [6.07, 6.45) is 4.38. The first-order valence-electron chi connectivity index (χ1n) is 6.57. The average molecular weight is 330 g/mol. The lowest BCUT2D eigenvalue weighted by molar-refractivity contribution is -0.385. The van der Waals surface area contributed by atoms with Gasteiger partial charge in [0.15, 0.2) is 0 Å². The molecule has 2 aromatic carbocycles. The molecular formula is C16H12ClN3O3. The smallest absolute Gasteiger partial charge is 0.267 e. The van der Waals surface area contributed by atoms with Gasteiger partial charge in [-0.3, -0.25) is 14.9 Å². The molecule has 0 radical (unpaired) electrons. The van der Waals surface area contributed by atoms with Crippen LogP contribution in [0.5, 0.6) is 0 Å². The van der Waals surface area contributed by atoms with E-state index in [1.54, 1.807) is 42.5 Å². The fraction of sp³-hybridized carbons (Fsp3) is 0. The van der Waals surface area contributed by atoms with Crippen LogP contribution in [-0.2, 0) is 0 Å². The zero-order valence-corrected chi connectivity index (χ0v) is 12.6. The van der Waals surface area contributed by atoms with Gasteiger partial charge in [0.05, 0.1) is 10.5 Å². The zero-order valence-electron chi connectivity index (χ0n) is 11.8. The first-order chi connectivity index (χ1) is 11.1. The summed E-state index contributed by atoms with van der Waals surface area (Å²) in [5.74, 6) is -0.378. The summed E-state index contributed by atoms with van der Waals surface area (Å²) >= 11 is 5.74. The summed E-state index contributed by atoms with van der Waals surface area (Å²) in [5.41, 5.74) is 3.22. The highest BCUT2D eigenvalue weighted by Crippen LogP contribution is 2.18. The van der Waals surface area contributed by atoms with Crippen molar-refractivity contribution in [1.29, 1.82) is 0 Å². The molecule has 0 aliphatic heterocycles. The number of halogens is 1. The molecule has 116 valence electrons. The second-order valence-corrected chi connectivity index (χ2v) is 4.84. The first kappa shape index (κ1) is 16.4. The number of hydrogen-bond acceptors (Lipinski definition) is 4. The number of nitrogens with zero attached hydrogens (tertiary/aromatic N) is 2. The Balaban J connectivity index is 1.95. The molecule has 0 aliphatic rings. The van der Waals surface area contributed by atoms with E-state index in [0.717, 1.165) is 0 Å². The molecule has 0 saturated carbocycles. The zero-order chi connectivity index (χ0) is 16.7. The Hall–Kier alpha value is -2.99. The lowest BCUT2D eigenvalue weighted by Crippen LogP contribution is -2.17. The summed E-state index contributed by atoms with van der Waals surface area (Å²) in [4.78, 5) is 22.1. The highest BCUT2D eigenvalue weighted by Gasteiger charge is 2.08. The van der Waals surface area contributed by atoms with Crippen LogP contribution in [-0.4, -0.2) is 17.0 Å². The summed E-state index contributed by atoms with van der Waals surface area (Å²) in [7, 11) is 0. The van der Waals surface area contributed by atoms with Gasteiger partial charge < -0.3 is 0 Å². The number of allylic oxidation sites excluding steroid dienone is 1. The van der Waals surface area contributed by atoms with E-state index in [9.17, 15) is 14.9 Å². The molecule has 0 saturated heterocycles. The molecule has 2 aromatic rings. The number of nitrogens with one attached hydrogen (secondary N) is 1. The van der Waals surface area contributed by atoms with Crippen LogP contribution in [0.4, 0.5) is 5.69 Å². The Morgan fingerprint density at radius 1 is 1.17 bits per heavy atom. The normalized spacial score (nSPS) is 11.0. The maximum Gasteiger partial charge on any atom is 0.276 e. The molecule has 0 bridgehead atoms. The Bertz CT molecular complexity index is 770. The maximum atomic E-state index is 11.8. The molecule has 0 spiro atoms. The van der Waals surface area contributed by atoms with E-state index in [1.165, 1.54) is 24.4 Å². The monoisotopic (exact) mass is 329 g/mol. The van der Waals surface area contributed by atoms with Gasteiger partial charge in [-0.05, 0) is 42.5 Å². The van der Waals surface area contributed by atoms with E-state index < -0.39 is 4.92 Å². The molecule has 0 heterocycles. The van der Waals surface area contributed by atoms with Gasteiger partial charge in [-0.15, -0.1) is 0 Å². The number of carbonyl (C=O) groups is 1. The van der Waals surface area contributed by atoms with Crippen molar-refractivity contribution in [2.75, 3.05) is 0 Å². The Kier molecular flexibility index (Phi) is 5.60. The van der Waals surface area contributed by atoms with Crippen molar-refractivity contribution in [2.24, 2.45) is 5.10 Å². The largest absolute Gasteiger partial charge is 0.276 e. The van der Waals surface area contributed by atoms with E-state index in [1.807, 2.05) is 0 Å². The second kappa shape index (κ2) is 7.86. The third-order valence-corrected chi connectivity index (χ3v) is 3.09. The van der Waals surface area contributed by atoms with Crippen LogP contribution in [0.25, 0.3) is 6.08 Å². The number of nitro groups is 1. The van der Waals surface area contributed by atoms with Gasteiger partial charge in [0.25, 0.3) is 11.6 Å². The predicted molar refractivity (Wildman–Crippen MR) is 89.5 cm³/mol. The van der Waals surface area contributed by atoms with E-state index in [4.69, 9.17) is 11.6 Å². The fourth-order valence-electron chi connectivity index (χ4n) is 1.75. The molecule has 0 aromatic heterocycles. The predicted octanol–water partition coefficient (Wildman–Crippen LogP) is 3.68. The summed E-state index contributed by atoms with van der Waals surface area (Å²) in [6.45, 7) is 0. The van der Waals surface area contributed by atoms with Crippen molar-refractivity contribution >= 4 is 35.5 Å². The van der Waals surface area contributed by atoms with Crippen molar-refractivity contribution < 1.29 is 9.72 Å². The van der Waals surface area contributed by atoms with Gasteiger partial charge >= 0.3 is 0 Å². The van der Waals surface area contributed by atoms with E-state index >= 15 is 0 Å². The number of benzene rings is 2. The van der Waals surface area contributed by atoms with Crippen molar-refractivity contribution in [3.05, 3.63) is 80.9 Å². The molecule has 1 amide bonds. The van der Waals surface area contributed by atoms with Crippen LogP contribution >= 0.6 is 11.6 Å². The Morgan fingerprint density at radius 3 is 2.57 bits per heavy atom. The quantitative estimate of drug-likeness (QED) is 0.516. The number of hydrazone groups is 1. The van der Waals surface area contributed by atoms with Gasteiger partial charge in [-0.25, -0.2) is 5.43 Å². The standard InChI is InChI=1S/C16H12ClN3O3/c17-14-9-7-13(8-10-14)16(21)19-18-11-3-5-12-4-1-2-6-15(12)20(22)23/h1-11H,(H,19,21)/b5-3+,18-11+. The molecule has 0 aliphatic carbocycles. The molecule has 1 N–H and O–H groups in total. The van der Waals surface area contributed by atoms with Crippen LogP contribution in [0.3, 0.4) is 0 Å². The molecule has 0 atom stereocenters. The molecule has 6 nitrogen and oxygen atoms in total. The van der Waals surface area contributed by atoms with E-state index in [2.05, 4.69) is 10.5 Å². The number of rotatable bonds is 5. The maximum absolute atomic E-state index is 11.8. The van der Waals surface area contributed by atoms with Crippen LogP contribution in [0.2, 0.25) is 5.02 Å². The Morgan fingerprint density at radius 2 is 1.87 bits per heavy atom. The van der Waals surface area contributed by atoms with Gasteiger partial charge in [0.1, 0.15) is 0 Å². The minimum absolute atomic E-state index is 0.00218. The van der Waals surface area contributed by atoms with Crippen molar-refractivity contribution in [2.45, 2.75) is 0 Å². The lowest BCUT2D eigenvalue weighted by atomic mass is 10.2. The number of hydrogen-bond donors (Lipinski definition) is 1. The second-order valence-electron chi connectivity index (χ2n) is 4.40. The van der Waals surface area contributed by atoms with Gasteiger partial charge in [0.2, 0.25) is 0 Å². The third kappa shape index (κ3) is 4.76. The third-order valence-electron chi connectivity index (χ3n) is 2.84. The van der Waals surface area contributed by atoms with Crippen molar-refractivity contribution in [3.63, 3.8) is 0 Å². The van der Waals surface area contributed by atoms with Crippen LogP contribution in [0.15, 0.2) is 59.7 Å². The van der Waals surface area contributed by atoms with Gasteiger partial charge in [-0.1, -0.05) is 23.7 Å². The molecule has 2 rings (SSSR count). The summed E-state index contributed by atoms with van der Waals surface area (Å²) in [6, 6.07) is 12.7. The average Bonchev–Trinajstić information content (AvgIpc) is 2.55. The summed E-state index contributed by atoms with van der Waals surface area (Å²) < 4.78 is 0. The van der Waals surface area contributed by atoms with Gasteiger partial charge in [-0.2, -0.15) is 5.10 Å². The van der Waals surface area contributed by atoms with Crippen LogP contribution < -0.4 is 5.43 Å². The lowest BCUT2D eigenvalue weighted by Gasteiger charge is -1.98. The van der Waals surface area contributed by atoms with Gasteiger partial charge in [0, 0.05) is 22.9 Å². The highest BCUT2D eigenvalue weighted by atomic mass is 35.5. The SMILES string of the molecule is O=C(N/N=C/C=C/c1ccccc1[N+](=O)[O-])c1ccc(Cl)cc1. The van der Waals surface area contributed by atoms with E-state index in [-0.39, 0.29) is 11.6 Å². The molecule has 0 fully saturated rings. The number of nitro benzene ring substituents is 1. The van der Waals surface area contributed by atoms with Crippen LogP contribution in [0, 0.1) is 10.1 Å². The number of amides is 1. The van der Waals surface area contributed by atoms with Crippen molar-refractivity contribution in [3.8, 4) is 0 Å². The minimum atomic E-state index is -0.459. The topological polar surface area (TPSA) is 84.6 Å². The highest BCUT2D eigenvalue weighted by molar-refractivity contribution is 6.30. The molecule has 7 heteroatoms. The summed E-state index contributed by atoms with van der Waals surface area (Å²) in [5, 5.41) is 15.1. The molecular weight excluding hydrogens is 318 g/mol. The van der Waals surface area contributed by atoms with Crippen molar-refractivity contribution in [1.82, 2.24) is 5.43 Å². The number of carbonyl (C=O) groups excluding carboxylic acids is 1. The van der Waals surface area contributed by atoms with E-state index in [0.29, 0.717) is 16.1 Å². The number of para-hydroxylation sites is 1. The Labute approximate surface area is 137 Å². The minimum Gasteiger partial charge on any atom is -0.267 e.